The molecule has 0 aromatic heterocycles. The van der Waals surface area contributed by atoms with E-state index in [2.05, 4.69) is 53.4 Å². The molecule has 25 heavy (non-hydrogen) atoms. The molecule has 124 valence electrons. The van der Waals surface area contributed by atoms with Gasteiger partial charge in [0.15, 0.2) is 0 Å². The maximum atomic E-state index is 10.8. The minimum Gasteiger partial charge on any atom is -0.367 e. The van der Waals surface area contributed by atoms with Crippen molar-refractivity contribution in [1.29, 1.82) is 0 Å². The molecule has 1 aliphatic rings. The van der Waals surface area contributed by atoms with Gasteiger partial charge in [-0.15, -0.1) is 0 Å². The Labute approximate surface area is 148 Å². The minimum absolute atomic E-state index is 0.712. The minimum atomic E-state index is 0.712. The Morgan fingerprint density at radius 1 is 0.840 bits per heavy atom. The van der Waals surface area contributed by atoms with Crippen LogP contribution in [0.5, 0.6) is 0 Å². The summed E-state index contributed by atoms with van der Waals surface area (Å²) in [5, 5.41) is 0. The fourth-order valence-electron chi connectivity index (χ4n) is 3.55. The summed E-state index contributed by atoms with van der Waals surface area (Å²) in [6.07, 6.45) is 3.28. The molecule has 2 heteroatoms. The molecule has 1 aliphatic heterocycles. The zero-order chi connectivity index (χ0) is 17.1. The summed E-state index contributed by atoms with van der Waals surface area (Å²) in [5.41, 5.74) is 7.19. The highest BCUT2D eigenvalue weighted by atomic mass is 16.1. The number of carbonyl (C=O) groups is 1. The highest BCUT2D eigenvalue weighted by molar-refractivity contribution is 5.77. The van der Waals surface area contributed by atoms with Gasteiger partial charge < -0.3 is 4.90 Å². The fraction of sp³-hybridized carbons (Fsp3) is 0.174. The topological polar surface area (TPSA) is 20.3 Å². The van der Waals surface area contributed by atoms with E-state index in [9.17, 15) is 4.79 Å². The van der Waals surface area contributed by atoms with Gasteiger partial charge in [0.25, 0.3) is 0 Å². The summed E-state index contributed by atoms with van der Waals surface area (Å²) >= 11 is 0. The van der Waals surface area contributed by atoms with Crippen molar-refractivity contribution in [3.8, 4) is 11.1 Å². The highest BCUT2D eigenvalue weighted by Crippen LogP contribution is 2.28. The van der Waals surface area contributed by atoms with E-state index in [0.29, 0.717) is 5.56 Å². The summed E-state index contributed by atoms with van der Waals surface area (Å²) < 4.78 is 0. The van der Waals surface area contributed by atoms with E-state index >= 15 is 0 Å². The molecule has 0 fully saturated rings. The molecule has 3 aromatic rings. The number of fused-ring (bicyclic) bond motifs is 1. The van der Waals surface area contributed by atoms with E-state index in [4.69, 9.17) is 0 Å². The van der Waals surface area contributed by atoms with Gasteiger partial charge in [0.05, 0.1) is 0 Å². The smallest absolute Gasteiger partial charge is 0.150 e. The number of aryl methyl sites for hydroxylation is 1. The number of hydrogen-bond donors (Lipinski definition) is 0. The standard InChI is InChI=1S/C23H21NO/c25-17-19-9-13-21(14-10-19)20-11-7-18(8-12-20)16-24-15-3-5-22-4-1-2-6-23(22)24/h1-2,4,6-14,17H,3,5,15-16H2. The number of aldehydes is 1. The third kappa shape index (κ3) is 3.34. The summed E-state index contributed by atoms with van der Waals surface area (Å²) in [4.78, 5) is 13.2. The molecule has 0 spiro atoms. The predicted octanol–water partition coefficient (Wildman–Crippen LogP) is 5.12. The molecular weight excluding hydrogens is 306 g/mol. The molecule has 0 saturated heterocycles. The first-order valence-electron chi connectivity index (χ1n) is 8.81. The molecular formula is C23H21NO. The average Bonchev–Trinajstić information content (AvgIpc) is 2.69. The first kappa shape index (κ1) is 15.6. The van der Waals surface area contributed by atoms with E-state index in [1.54, 1.807) is 0 Å². The first-order valence-corrected chi connectivity index (χ1v) is 8.81. The lowest BCUT2D eigenvalue weighted by molar-refractivity contribution is 0.112. The molecule has 1 heterocycles. The molecule has 0 radical (unpaired) electrons. The normalized spacial score (nSPS) is 13.4. The Morgan fingerprint density at radius 2 is 1.52 bits per heavy atom. The monoisotopic (exact) mass is 327 g/mol. The van der Waals surface area contributed by atoms with Gasteiger partial charge in [-0.05, 0) is 41.2 Å². The molecule has 2 nitrogen and oxygen atoms in total. The number of para-hydroxylation sites is 1. The van der Waals surface area contributed by atoms with Crippen molar-refractivity contribution < 1.29 is 4.79 Å². The van der Waals surface area contributed by atoms with E-state index < -0.39 is 0 Å². The molecule has 0 saturated carbocycles. The largest absolute Gasteiger partial charge is 0.367 e. The molecule has 0 aliphatic carbocycles. The number of nitrogens with zero attached hydrogens (tertiary/aromatic N) is 1. The van der Waals surface area contributed by atoms with Crippen LogP contribution in [0.1, 0.15) is 27.9 Å². The summed E-state index contributed by atoms with van der Waals surface area (Å²) in [5.74, 6) is 0. The van der Waals surface area contributed by atoms with E-state index in [1.165, 1.54) is 35.2 Å². The molecule has 0 bridgehead atoms. The van der Waals surface area contributed by atoms with Crippen molar-refractivity contribution in [2.24, 2.45) is 0 Å². The first-order chi connectivity index (χ1) is 12.3. The summed E-state index contributed by atoms with van der Waals surface area (Å²) in [6, 6.07) is 25.2. The summed E-state index contributed by atoms with van der Waals surface area (Å²) in [6.45, 7) is 2.06. The molecule has 0 unspecified atom stereocenters. The SMILES string of the molecule is O=Cc1ccc(-c2ccc(CN3CCCc4ccccc43)cc2)cc1. The zero-order valence-electron chi connectivity index (χ0n) is 14.2. The average molecular weight is 327 g/mol. The maximum Gasteiger partial charge on any atom is 0.150 e. The second-order valence-electron chi connectivity index (χ2n) is 6.59. The van der Waals surface area contributed by atoms with Crippen molar-refractivity contribution in [3.05, 3.63) is 89.5 Å². The highest BCUT2D eigenvalue weighted by Gasteiger charge is 2.16. The van der Waals surface area contributed by atoms with Gasteiger partial charge in [-0.25, -0.2) is 0 Å². The van der Waals surface area contributed by atoms with Crippen LogP contribution in [0.3, 0.4) is 0 Å². The van der Waals surface area contributed by atoms with Gasteiger partial charge in [-0.3, -0.25) is 4.79 Å². The molecule has 0 N–H and O–H groups in total. The van der Waals surface area contributed by atoms with Crippen LogP contribution in [0.4, 0.5) is 5.69 Å². The Balaban J connectivity index is 1.52. The van der Waals surface area contributed by atoms with E-state index in [1.807, 2.05) is 24.3 Å². The van der Waals surface area contributed by atoms with Gasteiger partial charge in [-0.1, -0.05) is 66.7 Å². The van der Waals surface area contributed by atoms with Gasteiger partial charge in [0.1, 0.15) is 6.29 Å². The Bertz CT molecular complexity index is 865. The number of hydrogen-bond acceptors (Lipinski definition) is 2. The van der Waals surface area contributed by atoms with Crippen LogP contribution in [-0.4, -0.2) is 12.8 Å². The maximum absolute atomic E-state index is 10.8. The van der Waals surface area contributed by atoms with Gasteiger partial charge in [-0.2, -0.15) is 0 Å². The lowest BCUT2D eigenvalue weighted by Gasteiger charge is -2.31. The van der Waals surface area contributed by atoms with Crippen LogP contribution < -0.4 is 4.90 Å². The second kappa shape index (κ2) is 6.94. The number of benzene rings is 3. The molecule has 3 aromatic carbocycles. The van der Waals surface area contributed by atoms with Crippen LogP contribution in [-0.2, 0) is 13.0 Å². The van der Waals surface area contributed by atoms with E-state index in [-0.39, 0.29) is 0 Å². The number of rotatable bonds is 4. The van der Waals surface area contributed by atoms with Gasteiger partial charge in [0, 0.05) is 24.3 Å². The fourth-order valence-corrected chi connectivity index (χ4v) is 3.55. The Kier molecular flexibility index (Phi) is 4.34. The number of carbonyl (C=O) groups excluding carboxylic acids is 1. The van der Waals surface area contributed by atoms with Crippen molar-refractivity contribution >= 4 is 12.0 Å². The van der Waals surface area contributed by atoms with Crippen LogP contribution in [0, 0.1) is 0 Å². The Morgan fingerprint density at radius 3 is 2.24 bits per heavy atom. The van der Waals surface area contributed by atoms with Crippen LogP contribution >= 0.6 is 0 Å². The lowest BCUT2D eigenvalue weighted by Crippen LogP contribution is -2.28. The lowest BCUT2D eigenvalue weighted by atomic mass is 10.00. The van der Waals surface area contributed by atoms with Crippen molar-refractivity contribution in [2.75, 3.05) is 11.4 Å². The number of anilines is 1. The van der Waals surface area contributed by atoms with Crippen molar-refractivity contribution in [2.45, 2.75) is 19.4 Å². The van der Waals surface area contributed by atoms with Gasteiger partial charge in [0.2, 0.25) is 0 Å². The zero-order valence-corrected chi connectivity index (χ0v) is 14.2. The predicted molar refractivity (Wildman–Crippen MR) is 103 cm³/mol. The molecule has 0 amide bonds. The molecule has 4 rings (SSSR count). The van der Waals surface area contributed by atoms with Crippen molar-refractivity contribution in [1.82, 2.24) is 0 Å². The second-order valence-corrected chi connectivity index (χ2v) is 6.59. The summed E-state index contributed by atoms with van der Waals surface area (Å²) in [7, 11) is 0. The van der Waals surface area contributed by atoms with Crippen LogP contribution in [0.2, 0.25) is 0 Å². The van der Waals surface area contributed by atoms with Crippen LogP contribution in [0.25, 0.3) is 11.1 Å². The van der Waals surface area contributed by atoms with Crippen LogP contribution in [0.15, 0.2) is 72.8 Å². The third-order valence-corrected chi connectivity index (χ3v) is 4.91. The quantitative estimate of drug-likeness (QED) is 0.620. The third-order valence-electron chi connectivity index (χ3n) is 4.91. The Hall–Kier alpha value is -2.87. The van der Waals surface area contributed by atoms with Gasteiger partial charge >= 0.3 is 0 Å². The van der Waals surface area contributed by atoms with Crippen molar-refractivity contribution in [3.63, 3.8) is 0 Å². The van der Waals surface area contributed by atoms with E-state index in [0.717, 1.165) is 24.9 Å². The molecule has 0 atom stereocenters.